The molecular formula is C13H19BrN2O. The third kappa shape index (κ3) is 3.42. The van der Waals surface area contributed by atoms with Gasteiger partial charge in [-0.1, -0.05) is 0 Å². The van der Waals surface area contributed by atoms with Gasteiger partial charge in [0.15, 0.2) is 0 Å². The molecule has 1 heterocycles. The Morgan fingerprint density at radius 3 is 2.82 bits per heavy atom. The summed E-state index contributed by atoms with van der Waals surface area (Å²) < 4.78 is 1.05. The van der Waals surface area contributed by atoms with Crippen molar-refractivity contribution in [1.82, 2.24) is 4.98 Å². The molecule has 1 aliphatic rings. The predicted molar refractivity (Wildman–Crippen MR) is 73.1 cm³/mol. The van der Waals surface area contributed by atoms with Gasteiger partial charge in [-0.3, -0.25) is 0 Å². The highest BCUT2D eigenvalue weighted by molar-refractivity contribution is 9.10. The van der Waals surface area contributed by atoms with Crippen LogP contribution in [0.25, 0.3) is 0 Å². The van der Waals surface area contributed by atoms with Gasteiger partial charge in [0.2, 0.25) is 0 Å². The molecule has 3 nitrogen and oxygen atoms in total. The summed E-state index contributed by atoms with van der Waals surface area (Å²) in [7, 11) is 0. The first-order valence-corrected chi connectivity index (χ1v) is 6.99. The number of aliphatic hydroxyl groups excluding tert-OH is 1. The standard InChI is InChI=1S/C13H19BrN2O/c1-9-6-7-15-13(12(9)14)16-8-10-2-4-11(17)5-3-10/h6-7,10-11,17H,2-5,8H2,1H3,(H,15,16). The normalized spacial score (nSPS) is 24.6. The van der Waals surface area contributed by atoms with E-state index in [9.17, 15) is 5.11 Å². The van der Waals surface area contributed by atoms with Crippen molar-refractivity contribution in [2.45, 2.75) is 38.7 Å². The molecule has 1 fully saturated rings. The SMILES string of the molecule is Cc1ccnc(NCC2CCC(O)CC2)c1Br. The van der Waals surface area contributed by atoms with E-state index in [1.165, 1.54) is 5.56 Å². The van der Waals surface area contributed by atoms with Gasteiger partial charge in [-0.2, -0.15) is 0 Å². The number of pyridine rings is 1. The number of hydrogen-bond acceptors (Lipinski definition) is 3. The zero-order valence-electron chi connectivity index (χ0n) is 10.1. The van der Waals surface area contributed by atoms with E-state index in [1.54, 1.807) is 0 Å². The van der Waals surface area contributed by atoms with Crippen LogP contribution in [0.3, 0.4) is 0 Å². The van der Waals surface area contributed by atoms with E-state index in [0.717, 1.165) is 42.5 Å². The lowest BCUT2D eigenvalue weighted by Crippen LogP contribution is -2.23. The van der Waals surface area contributed by atoms with Gasteiger partial charge in [-0.25, -0.2) is 4.98 Å². The van der Waals surface area contributed by atoms with Crippen molar-refractivity contribution in [3.63, 3.8) is 0 Å². The highest BCUT2D eigenvalue weighted by atomic mass is 79.9. The number of anilines is 1. The summed E-state index contributed by atoms with van der Waals surface area (Å²) >= 11 is 3.55. The summed E-state index contributed by atoms with van der Waals surface area (Å²) in [6.45, 7) is 3.01. The highest BCUT2D eigenvalue weighted by Crippen LogP contribution is 2.27. The van der Waals surface area contributed by atoms with Gasteiger partial charge in [0.1, 0.15) is 5.82 Å². The van der Waals surface area contributed by atoms with Crippen molar-refractivity contribution in [2.75, 3.05) is 11.9 Å². The smallest absolute Gasteiger partial charge is 0.140 e. The Morgan fingerprint density at radius 1 is 1.41 bits per heavy atom. The number of rotatable bonds is 3. The van der Waals surface area contributed by atoms with Gasteiger partial charge in [0.25, 0.3) is 0 Å². The second-order valence-corrected chi connectivity index (χ2v) is 5.64. The van der Waals surface area contributed by atoms with Gasteiger partial charge in [-0.15, -0.1) is 0 Å². The van der Waals surface area contributed by atoms with Crippen LogP contribution in [-0.2, 0) is 0 Å². The maximum Gasteiger partial charge on any atom is 0.140 e. The average molecular weight is 299 g/mol. The summed E-state index contributed by atoms with van der Waals surface area (Å²) in [6, 6.07) is 1.99. The van der Waals surface area contributed by atoms with Crippen LogP contribution in [0.4, 0.5) is 5.82 Å². The Labute approximate surface area is 111 Å². The van der Waals surface area contributed by atoms with Crippen molar-refractivity contribution in [2.24, 2.45) is 5.92 Å². The van der Waals surface area contributed by atoms with Crippen molar-refractivity contribution in [3.8, 4) is 0 Å². The lowest BCUT2D eigenvalue weighted by Gasteiger charge is -2.25. The number of nitrogens with zero attached hydrogens (tertiary/aromatic N) is 1. The molecule has 0 bridgehead atoms. The van der Waals surface area contributed by atoms with Crippen LogP contribution in [0.1, 0.15) is 31.2 Å². The Balaban J connectivity index is 1.87. The molecule has 2 rings (SSSR count). The maximum absolute atomic E-state index is 9.45. The fourth-order valence-electron chi connectivity index (χ4n) is 2.25. The molecule has 0 aliphatic heterocycles. The fraction of sp³-hybridized carbons (Fsp3) is 0.615. The summed E-state index contributed by atoms with van der Waals surface area (Å²) in [4.78, 5) is 4.33. The van der Waals surface area contributed by atoms with Crippen molar-refractivity contribution < 1.29 is 5.11 Å². The van der Waals surface area contributed by atoms with Crippen LogP contribution < -0.4 is 5.32 Å². The lowest BCUT2D eigenvalue weighted by atomic mass is 9.87. The fourth-order valence-corrected chi connectivity index (χ4v) is 2.63. The van der Waals surface area contributed by atoms with Gasteiger partial charge in [-0.05, 0) is 66.1 Å². The number of aromatic nitrogens is 1. The predicted octanol–water partition coefficient (Wildman–Crippen LogP) is 3.12. The van der Waals surface area contributed by atoms with Crippen LogP contribution in [0.2, 0.25) is 0 Å². The molecule has 1 aliphatic carbocycles. The highest BCUT2D eigenvalue weighted by Gasteiger charge is 2.19. The number of aryl methyl sites for hydroxylation is 1. The number of aliphatic hydroxyl groups is 1. The summed E-state index contributed by atoms with van der Waals surface area (Å²) in [6.07, 6.45) is 5.85. The first-order valence-electron chi connectivity index (χ1n) is 6.20. The minimum atomic E-state index is -0.0740. The Bertz CT molecular complexity index is 376. The monoisotopic (exact) mass is 298 g/mol. The van der Waals surface area contributed by atoms with E-state index in [1.807, 2.05) is 12.3 Å². The molecule has 0 unspecified atom stereocenters. The Kier molecular flexibility index (Phi) is 4.40. The summed E-state index contributed by atoms with van der Waals surface area (Å²) in [5, 5.41) is 12.9. The Morgan fingerprint density at radius 2 is 2.12 bits per heavy atom. The van der Waals surface area contributed by atoms with Crippen LogP contribution >= 0.6 is 15.9 Å². The largest absolute Gasteiger partial charge is 0.393 e. The molecule has 1 aromatic heterocycles. The number of nitrogens with one attached hydrogen (secondary N) is 1. The molecule has 1 saturated carbocycles. The van der Waals surface area contributed by atoms with Crippen LogP contribution in [0, 0.1) is 12.8 Å². The summed E-state index contributed by atoms with van der Waals surface area (Å²) in [5.74, 6) is 1.59. The van der Waals surface area contributed by atoms with Crippen LogP contribution in [0.15, 0.2) is 16.7 Å². The van der Waals surface area contributed by atoms with Gasteiger partial charge < -0.3 is 10.4 Å². The first-order chi connectivity index (χ1) is 8.16. The second kappa shape index (κ2) is 5.83. The van der Waals surface area contributed by atoms with Crippen LogP contribution in [-0.4, -0.2) is 22.7 Å². The van der Waals surface area contributed by atoms with E-state index < -0.39 is 0 Å². The second-order valence-electron chi connectivity index (χ2n) is 4.85. The number of halogens is 1. The number of hydrogen-bond donors (Lipinski definition) is 2. The molecule has 0 atom stereocenters. The zero-order chi connectivity index (χ0) is 12.3. The van der Waals surface area contributed by atoms with Gasteiger partial charge >= 0.3 is 0 Å². The Hall–Kier alpha value is -0.610. The lowest BCUT2D eigenvalue weighted by molar-refractivity contribution is 0.111. The van der Waals surface area contributed by atoms with E-state index in [0.29, 0.717) is 5.92 Å². The minimum absolute atomic E-state index is 0.0740. The van der Waals surface area contributed by atoms with Crippen molar-refractivity contribution >= 4 is 21.7 Å². The molecule has 94 valence electrons. The van der Waals surface area contributed by atoms with Crippen molar-refractivity contribution in [3.05, 3.63) is 22.3 Å². The zero-order valence-corrected chi connectivity index (χ0v) is 11.7. The molecule has 4 heteroatoms. The van der Waals surface area contributed by atoms with E-state index in [2.05, 4.69) is 33.2 Å². The topological polar surface area (TPSA) is 45.2 Å². The molecule has 2 N–H and O–H groups in total. The molecule has 0 aromatic carbocycles. The van der Waals surface area contributed by atoms with Gasteiger partial charge in [0.05, 0.1) is 10.6 Å². The molecule has 0 radical (unpaired) electrons. The molecular weight excluding hydrogens is 280 g/mol. The molecule has 0 saturated heterocycles. The summed E-state index contributed by atoms with van der Waals surface area (Å²) in [5.41, 5.74) is 1.20. The molecule has 17 heavy (non-hydrogen) atoms. The van der Waals surface area contributed by atoms with E-state index in [-0.39, 0.29) is 6.10 Å². The molecule has 0 spiro atoms. The van der Waals surface area contributed by atoms with E-state index >= 15 is 0 Å². The van der Waals surface area contributed by atoms with Crippen molar-refractivity contribution in [1.29, 1.82) is 0 Å². The average Bonchev–Trinajstić information content (AvgIpc) is 2.33. The van der Waals surface area contributed by atoms with Crippen LogP contribution in [0.5, 0.6) is 0 Å². The third-order valence-electron chi connectivity index (χ3n) is 3.46. The quantitative estimate of drug-likeness (QED) is 0.901. The first kappa shape index (κ1) is 12.8. The maximum atomic E-state index is 9.45. The minimum Gasteiger partial charge on any atom is -0.393 e. The molecule has 0 amide bonds. The van der Waals surface area contributed by atoms with E-state index in [4.69, 9.17) is 0 Å². The molecule has 1 aromatic rings. The van der Waals surface area contributed by atoms with Gasteiger partial charge in [0, 0.05) is 12.7 Å². The third-order valence-corrected chi connectivity index (χ3v) is 4.46.